The van der Waals surface area contributed by atoms with Gasteiger partial charge < -0.3 is 9.64 Å². The monoisotopic (exact) mass is 320 g/mol. The maximum Gasteiger partial charge on any atom is 0.410 e. The molecule has 4 nitrogen and oxygen atoms in total. The second-order valence-corrected chi connectivity index (χ2v) is 6.94. The molecular weight excluding hydrogens is 300 g/mol. The van der Waals surface area contributed by atoms with Crippen molar-refractivity contribution >= 4 is 17.7 Å². The van der Waals surface area contributed by atoms with Crippen LogP contribution in [0.5, 0.6) is 0 Å². The fourth-order valence-corrected chi connectivity index (χ4v) is 2.88. The van der Waals surface area contributed by atoms with Crippen LogP contribution in [-0.2, 0) is 4.74 Å². The second kappa shape index (κ2) is 6.58. The Bertz CT molecular complexity index is 602. The van der Waals surface area contributed by atoms with Crippen molar-refractivity contribution in [3.63, 3.8) is 0 Å². The van der Waals surface area contributed by atoms with Crippen molar-refractivity contribution in [2.75, 3.05) is 6.54 Å². The van der Waals surface area contributed by atoms with E-state index in [-0.39, 0.29) is 12.1 Å². The molecular formula is C17H21ClN2O2. The highest BCUT2D eigenvalue weighted by atomic mass is 35.5. The molecule has 0 radical (unpaired) electrons. The number of carbonyl (C=O) groups excluding carboxylic acids is 1. The summed E-state index contributed by atoms with van der Waals surface area (Å²) in [7, 11) is 0. The van der Waals surface area contributed by atoms with E-state index < -0.39 is 5.60 Å². The number of piperidine rings is 1. The number of hydrogen-bond acceptors (Lipinski definition) is 3. The van der Waals surface area contributed by atoms with E-state index in [0.29, 0.717) is 17.1 Å². The predicted octanol–water partition coefficient (Wildman–Crippen LogP) is 4.67. The lowest BCUT2D eigenvalue weighted by molar-refractivity contribution is 0.00951. The Hall–Kier alpha value is -1.73. The molecule has 118 valence electrons. The Morgan fingerprint density at radius 2 is 2.14 bits per heavy atom. The Morgan fingerprint density at radius 3 is 2.73 bits per heavy atom. The van der Waals surface area contributed by atoms with Gasteiger partial charge >= 0.3 is 6.09 Å². The Labute approximate surface area is 136 Å². The van der Waals surface area contributed by atoms with Crippen LogP contribution in [0, 0.1) is 11.3 Å². The highest BCUT2D eigenvalue weighted by molar-refractivity contribution is 6.31. The molecule has 1 aliphatic heterocycles. The summed E-state index contributed by atoms with van der Waals surface area (Å²) < 4.78 is 5.51. The molecule has 1 unspecified atom stereocenters. The molecule has 0 aliphatic carbocycles. The summed E-state index contributed by atoms with van der Waals surface area (Å²) in [6, 6.07) is 7.37. The molecule has 2 rings (SSSR count). The van der Waals surface area contributed by atoms with Crippen LogP contribution in [0.3, 0.4) is 0 Å². The first kappa shape index (κ1) is 16.6. The van der Waals surface area contributed by atoms with E-state index >= 15 is 0 Å². The third kappa shape index (κ3) is 3.92. The lowest BCUT2D eigenvalue weighted by atomic mass is 9.95. The summed E-state index contributed by atoms with van der Waals surface area (Å²) in [5.41, 5.74) is 0.890. The minimum atomic E-state index is -0.513. The van der Waals surface area contributed by atoms with Crippen LogP contribution >= 0.6 is 11.6 Å². The Balaban J connectivity index is 2.25. The van der Waals surface area contributed by atoms with Crippen molar-refractivity contribution in [1.82, 2.24) is 4.90 Å². The molecule has 1 fully saturated rings. The number of amides is 1. The van der Waals surface area contributed by atoms with E-state index in [1.807, 2.05) is 26.8 Å². The second-order valence-electron chi connectivity index (χ2n) is 6.54. The maximum atomic E-state index is 12.4. The molecule has 1 aromatic carbocycles. The summed E-state index contributed by atoms with van der Waals surface area (Å²) in [5, 5.41) is 9.39. The van der Waals surface area contributed by atoms with E-state index in [2.05, 4.69) is 6.07 Å². The van der Waals surface area contributed by atoms with E-state index in [4.69, 9.17) is 21.6 Å². The number of halogens is 1. The fourth-order valence-electron chi connectivity index (χ4n) is 2.65. The smallest absolute Gasteiger partial charge is 0.410 e. The van der Waals surface area contributed by atoms with Gasteiger partial charge in [0.15, 0.2) is 0 Å². The average molecular weight is 321 g/mol. The zero-order chi connectivity index (χ0) is 16.3. The van der Waals surface area contributed by atoms with Gasteiger partial charge in [0, 0.05) is 6.54 Å². The Kier molecular flexibility index (Phi) is 4.97. The molecule has 0 aromatic heterocycles. The first-order valence-electron chi connectivity index (χ1n) is 7.51. The predicted molar refractivity (Wildman–Crippen MR) is 85.7 cm³/mol. The molecule has 22 heavy (non-hydrogen) atoms. The zero-order valence-corrected chi connectivity index (χ0v) is 14.0. The lowest BCUT2D eigenvalue weighted by Gasteiger charge is -2.37. The summed E-state index contributed by atoms with van der Waals surface area (Å²) in [5.74, 6) is 0. The van der Waals surface area contributed by atoms with Crippen molar-refractivity contribution in [3.05, 3.63) is 34.3 Å². The number of benzene rings is 1. The van der Waals surface area contributed by atoms with Gasteiger partial charge in [-0.1, -0.05) is 17.7 Å². The number of rotatable bonds is 1. The van der Waals surface area contributed by atoms with Crippen molar-refractivity contribution in [2.45, 2.75) is 51.7 Å². The van der Waals surface area contributed by atoms with Crippen molar-refractivity contribution in [1.29, 1.82) is 5.26 Å². The third-order valence-corrected chi connectivity index (χ3v) is 3.94. The number of nitrogens with zero attached hydrogens (tertiary/aromatic N) is 2. The van der Waals surface area contributed by atoms with Crippen LogP contribution in [0.2, 0.25) is 5.02 Å². The molecule has 1 atom stereocenters. The topological polar surface area (TPSA) is 53.3 Å². The van der Waals surface area contributed by atoms with Gasteiger partial charge in [-0.15, -0.1) is 0 Å². The summed E-state index contributed by atoms with van der Waals surface area (Å²) in [6.45, 7) is 6.27. The van der Waals surface area contributed by atoms with Crippen LogP contribution in [0.4, 0.5) is 4.79 Å². The van der Waals surface area contributed by atoms with Gasteiger partial charge in [-0.3, -0.25) is 0 Å². The average Bonchev–Trinajstić information content (AvgIpc) is 2.45. The summed E-state index contributed by atoms with van der Waals surface area (Å²) in [4.78, 5) is 14.2. The highest BCUT2D eigenvalue weighted by Crippen LogP contribution is 2.34. The van der Waals surface area contributed by atoms with Crippen LogP contribution in [0.25, 0.3) is 0 Å². The SMILES string of the molecule is CC(C)(C)OC(=O)N1CCCCC1c1ccc(C#N)c(Cl)c1. The summed E-state index contributed by atoms with van der Waals surface area (Å²) >= 11 is 6.13. The first-order valence-corrected chi connectivity index (χ1v) is 7.89. The summed E-state index contributed by atoms with van der Waals surface area (Å²) in [6.07, 6.45) is 2.61. The zero-order valence-electron chi connectivity index (χ0n) is 13.2. The minimum Gasteiger partial charge on any atom is -0.444 e. The van der Waals surface area contributed by atoms with Gasteiger partial charge in [0.05, 0.1) is 16.6 Å². The van der Waals surface area contributed by atoms with Gasteiger partial charge in [0.2, 0.25) is 0 Å². The van der Waals surface area contributed by atoms with E-state index in [1.165, 1.54) is 0 Å². The van der Waals surface area contributed by atoms with Crippen LogP contribution < -0.4 is 0 Å². The molecule has 0 bridgehead atoms. The van der Waals surface area contributed by atoms with E-state index in [1.54, 1.807) is 17.0 Å². The molecule has 0 saturated carbocycles. The normalized spacial score (nSPS) is 18.7. The van der Waals surface area contributed by atoms with Gasteiger partial charge in [-0.05, 0) is 57.7 Å². The minimum absolute atomic E-state index is 0.0474. The lowest BCUT2D eigenvalue weighted by Crippen LogP contribution is -2.41. The van der Waals surface area contributed by atoms with E-state index in [9.17, 15) is 4.79 Å². The van der Waals surface area contributed by atoms with Gasteiger partial charge in [0.1, 0.15) is 11.7 Å². The van der Waals surface area contributed by atoms with Gasteiger partial charge in [-0.25, -0.2) is 4.79 Å². The fraction of sp³-hybridized carbons (Fsp3) is 0.529. The molecule has 0 spiro atoms. The number of nitriles is 1. The first-order chi connectivity index (χ1) is 10.3. The molecule has 1 heterocycles. The Morgan fingerprint density at radius 1 is 1.41 bits per heavy atom. The quantitative estimate of drug-likeness (QED) is 0.755. The number of ether oxygens (including phenoxy) is 1. The number of carbonyl (C=O) groups is 1. The van der Waals surface area contributed by atoms with Crippen molar-refractivity contribution < 1.29 is 9.53 Å². The molecule has 1 aliphatic rings. The number of hydrogen-bond donors (Lipinski definition) is 0. The van der Waals surface area contributed by atoms with Gasteiger partial charge in [-0.2, -0.15) is 5.26 Å². The molecule has 5 heteroatoms. The van der Waals surface area contributed by atoms with Crippen molar-refractivity contribution in [3.8, 4) is 6.07 Å². The van der Waals surface area contributed by atoms with E-state index in [0.717, 1.165) is 24.8 Å². The molecule has 0 N–H and O–H groups in total. The van der Waals surface area contributed by atoms with Crippen LogP contribution in [0.1, 0.15) is 57.2 Å². The third-order valence-electron chi connectivity index (χ3n) is 3.63. The molecule has 1 amide bonds. The van der Waals surface area contributed by atoms with Crippen molar-refractivity contribution in [2.24, 2.45) is 0 Å². The molecule has 1 saturated heterocycles. The van der Waals surface area contributed by atoms with Crippen LogP contribution in [0.15, 0.2) is 18.2 Å². The highest BCUT2D eigenvalue weighted by Gasteiger charge is 2.31. The standard InChI is InChI=1S/C17H21ClN2O2/c1-17(2,3)22-16(21)20-9-5-4-6-15(20)12-7-8-13(11-19)14(18)10-12/h7-8,10,15H,4-6,9H2,1-3H3. The van der Waals surface area contributed by atoms with Crippen LogP contribution in [-0.4, -0.2) is 23.1 Å². The molecule has 1 aromatic rings. The maximum absolute atomic E-state index is 12.4. The number of likely N-dealkylation sites (tertiary alicyclic amines) is 1. The largest absolute Gasteiger partial charge is 0.444 e. The van der Waals surface area contributed by atoms with Gasteiger partial charge in [0.25, 0.3) is 0 Å².